The summed E-state index contributed by atoms with van der Waals surface area (Å²) in [5.74, 6) is -1.06. The van der Waals surface area contributed by atoms with Gasteiger partial charge in [-0.25, -0.2) is 13.6 Å². The lowest BCUT2D eigenvalue weighted by molar-refractivity contribution is -0.384. The Labute approximate surface area is 108 Å². The highest BCUT2D eigenvalue weighted by Crippen LogP contribution is 2.26. The Morgan fingerprint density at radius 1 is 1.47 bits per heavy atom. The summed E-state index contributed by atoms with van der Waals surface area (Å²) in [5.41, 5.74) is -0.462. The quantitative estimate of drug-likeness (QED) is 0.496. The zero-order valence-corrected chi connectivity index (χ0v) is 10.4. The number of anilines is 1. The molecule has 0 saturated carbocycles. The van der Waals surface area contributed by atoms with E-state index in [0.29, 0.717) is 0 Å². The molecular weight excluding hydrogens is 278 g/mol. The molecule has 4 N–H and O–H groups in total. The van der Waals surface area contributed by atoms with E-state index in [0.717, 1.165) is 12.1 Å². The monoisotopic (exact) mass is 289 g/mol. The van der Waals surface area contributed by atoms with Gasteiger partial charge < -0.3 is 10.4 Å². The lowest BCUT2D eigenvalue weighted by Crippen LogP contribution is -2.13. The first-order valence-corrected chi connectivity index (χ1v) is 6.53. The predicted octanol–water partition coefficient (Wildman–Crippen LogP) is 0.129. The van der Waals surface area contributed by atoms with Crippen LogP contribution < -0.4 is 10.5 Å². The second-order valence-corrected chi connectivity index (χ2v) is 5.11. The summed E-state index contributed by atoms with van der Waals surface area (Å²) in [7, 11) is -4.04. The molecule has 0 saturated heterocycles. The summed E-state index contributed by atoms with van der Waals surface area (Å²) in [5, 5.41) is 26.7. The van der Waals surface area contributed by atoms with Gasteiger partial charge >= 0.3 is 5.97 Å². The number of nitrogens with one attached hydrogen (secondary N) is 1. The fourth-order valence-corrected chi connectivity index (χ4v) is 1.83. The number of carbonyl (C=O) groups is 1. The standard InChI is InChI=1S/C9H11N3O6S/c10-19(17,18)6-1-2-7(8(5-6)12(15)16)11-4-3-9(13)14/h1-2,5,11H,3-4H2,(H,13,14)(H2,10,17,18). The molecule has 0 unspecified atom stereocenters. The average Bonchev–Trinajstić information content (AvgIpc) is 2.27. The van der Waals surface area contributed by atoms with Crippen molar-refractivity contribution >= 4 is 27.4 Å². The normalized spacial score (nSPS) is 11.0. The third-order valence-corrected chi connectivity index (χ3v) is 3.06. The maximum Gasteiger partial charge on any atom is 0.305 e. The van der Waals surface area contributed by atoms with Crippen molar-refractivity contribution in [3.05, 3.63) is 28.3 Å². The maximum absolute atomic E-state index is 11.1. The highest BCUT2D eigenvalue weighted by molar-refractivity contribution is 7.89. The molecule has 0 spiro atoms. The van der Waals surface area contributed by atoms with Gasteiger partial charge in [0, 0.05) is 12.6 Å². The minimum absolute atomic E-state index is 0.0229. The third kappa shape index (κ3) is 4.19. The number of sulfonamides is 1. The average molecular weight is 289 g/mol. The number of carboxylic acids is 1. The van der Waals surface area contributed by atoms with Crippen LogP contribution in [0.2, 0.25) is 0 Å². The van der Waals surface area contributed by atoms with Gasteiger partial charge in [-0.3, -0.25) is 14.9 Å². The first-order valence-electron chi connectivity index (χ1n) is 4.98. The number of hydrogen-bond donors (Lipinski definition) is 3. The van der Waals surface area contributed by atoms with Crippen LogP contribution in [0.25, 0.3) is 0 Å². The van der Waals surface area contributed by atoms with Gasteiger partial charge in [0.2, 0.25) is 10.0 Å². The molecule has 0 bridgehead atoms. The van der Waals surface area contributed by atoms with Crippen molar-refractivity contribution < 1.29 is 23.2 Å². The highest BCUT2D eigenvalue weighted by atomic mass is 32.2. The van der Waals surface area contributed by atoms with E-state index in [1.54, 1.807) is 0 Å². The molecule has 0 aliphatic rings. The van der Waals surface area contributed by atoms with Gasteiger partial charge in [-0.15, -0.1) is 0 Å². The van der Waals surface area contributed by atoms with Crippen molar-refractivity contribution in [2.24, 2.45) is 5.14 Å². The molecule has 9 nitrogen and oxygen atoms in total. The molecule has 0 aromatic heterocycles. The first kappa shape index (κ1) is 14.9. The van der Waals surface area contributed by atoms with Crippen molar-refractivity contribution in [2.75, 3.05) is 11.9 Å². The molecule has 0 aliphatic carbocycles. The summed E-state index contributed by atoms with van der Waals surface area (Å²) in [4.78, 5) is 20.0. The van der Waals surface area contributed by atoms with Gasteiger partial charge in [0.1, 0.15) is 5.69 Å². The molecule has 1 aromatic rings. The smallest absolute Gasteiger partial charge is 0.305 e. The van der Waals surface area contributed by atoms with Gasteiger partial charge in [0.15, 0.2) is 0 Å². The summed E-state index contributed by atoms with van der Waals surface area (Å²) < 4.78 is 22.2. The molecule has 1 rings (SSSR count). The Morgan fingerprint density at radius 2 is 2.11 bits per heavy atom. The Morgan fingerprint density at radius 3 is 2.58 bits per heavy atom. The van der Waals surface area contributed by atoms with E-state index >= 15 is 0 Å². The Kier molecular flexibility index (Phi) is 4.40. The van der Waals surface area contributed by atoms with E-state index in [1.165, 1.54) is 6.07 Å². The summed E-state index contributed by atoms with van der Waals surface area (Å²) in [6, 6.07) is 3.09. The molecule has 0 aliphatic heterocycles. The number of primary sulfonamides is 1. The number of rotatable bonds is 6. The topological polar surface area (TPSA) is 153 Å². The lowest BCUT2D eigenvalue weighted by Gasteiger charge is -2.06. The number of nitrogens with two attached hydrogens (primary N) is 1. The van der Waals surface area contributed by atoms with E-state index in [-0.39, 0.29) is 23.5 Å². The molecule has 104 valence electrons. The second kappa shape index (κ2) is 5.63. The van der Waals surface area contributed by atoms with Crippen LogP contribution in [-0.2, 0) is 14.8 Å². The molecule has 0 radical (unpaired) electrons. The van der Waals surface area contributed by atoms with E-state index in [2.05, 4.69) is 5.32 Å². The van der Waals surface area contributed by atoms with E-state index in [4.69, 9.17) is 10.2 Å². The van der Waals surface area contributed by atoms with Crippen LogP contribution in [0.5, 0.6) is 0 Å². The van der Waals surface area contributed by atoms with Gasteiger partial charge in [-0.05, 0) is 12.1 Å². The van der Waals surface area contributed by atoms with E-state index < -0.39 is 26.6 Å². The minimum Gasteiger partial charge on any atom is -0.481 e. The number of nitro groups is 1. The van der Waals surface area contributed by atoms with Crippen molar-refractivity contribution in [2.45, 2.75) is 11.3 Å². The van der Waals surface area contributed by atoms with Crippen molar-refractivity contribution in [3.63, 3.8) is 0 Å². The largest absolute Gasteiger partial charge is 0.481 e. The second-order valence-electron chi connectivity index (χ2n) is 3.55. The summed E-state index contributed by atoms with van der Waals surface area (Å²) in [6.45, 7) is -0.0229. The molecule has 0 heterocycles. The van der Waals surface area contributed by atoms with Gasteiger partial charge in [-0.1, -0.05) is 0 Å². The van der Waals surface area contributed by atoms with Crippen LogP contribution in [0.4, 0.5) is 11.4 Å². The SMILES string of the molecule is NS(=O)(=O)c1ccc(NCCC(=O)O)c([N+](=O)[O-])c1. The molecule has 1 aromatic carbocycles. The molecule has 0 amide bonds. The van der Waals surface area contributed by atoms with Crippen LogP contribution in [0.15, 0.2) is 23.1 Å². The zero-order valence-electron chi connectivity index (χ0n) is 9.57. The van der Waals surface area contributed by atoms with E-state index in [1.807, 2.05) is 0 Å². The summed E-state index contributed by atoms with van der Waals surface area (Å²) >= 11 is 0. The molecular formula is C9H11N3O6S. The Balaban J connectivity index is 3.06. The number of hydrogen-bond acceptors (Lipinski definition) is 6. The predicted molar refractivity (Wildman–Crippen MR) is 65.2 cm³/mol. The third-order valence-electron chi connectivity index (χ3n) is 2.15. The highest BCUT2D eigenvalue weighted by Gasteiger charge is 2.18. The number of aliphatic carboxylic acids is 1. The summed E-state index contributed by atoms with van der Waals surface area (Å²) in [6.07, 6.45) is -0.228. The van der Waals surface area contributed by atoms with Gasteiger partial charge in [-0.2, -0.15) is 0 Å². The number of benzene rings is 1. The maximum atomic E-state index is 11.1. The van der Waals surface area contributed by atoms with E-state index in [9.17, 15) is 23.3 Å². The van der Waals surface area contributed by atoms with Crippen molar-refractivity contribution in [3.8, 4) is 0 Å². The first-order chi connectivity index (χ1) is 8.71. The fourth-order valence-electron chi connectivity index (χ4n) is 1.29. The Bertz CT molecular complexity index is 612. The van der Waals surface area contributed by atoms with Crippen molar-refractivity contribution in [1.82, 2.24) is 0 Å². The van der Waals surface area contributed by atoms with Gasteiger partial charge in [0.05, 0.1) is 16.2 Å². The molecule has 0 atom stereocenters. The number of carboxylic acid groups (broad SMARTS) is 1. The number of nitro benzene ring substituents is 1. The molecule has 10 heteroatoms. The van der Waals surface area contributed by atoms with Gasteiger partial charge in [0.25, 0.3) is 5.69 Å². The number of nitrogens with zero attached hydrogens (tertiary/aromatic N) is 1. The van der Waals surface area contributed by atoms with Crippen LogP contribution in [0, 0.1) is 10.1 Å². The fraction of sp³-hybridized carbons (Fsp3) is 0.222. The lowest BCUT2D eigenvalue weighted by atomic mass is 10.2. The Hall–Kier alpha value is -2.20. The zero-order chi connectivity index (χ0) is 14.6. The van der Waals surface area contributed by atoms with Crippen LogP contribution >= 0.6 is 0 Å². The minimum atomic E-state index is -4.04. The van der Waals surface area contributed by atoms with Crippen molar-refractivity contribution in [1.29, 1.82) is 0 Å². The van der Waals surface area contributed by atoms with Crippen LogP contribution in [0.1, 0.15) is 6.42 Å². The molecule has 0 fully saturated rings. The van der Waals surface area contributed by atoms with Crippen LogP contribution in [0.3, 0.4) is 0 Å². The molecule has 19 heavy (non-hydrogen) atoms. The van der Waals surface area contributed by atoms with Crippen LogP contribution in [-0.4, -0.2) is 31.0 Å².